The van der Waals surface area contributed by atoms with Crippen LogP contribution in [0.4, 0.5) is 0 Å². The van der Waals surface area contributed by atoms with Gasteiger partial charge in [-0.05, 0) is 37.0 Å². The smallest absolute Gasteiger partial charge is 0.0387 e. The fourth-order valence-electron chi connectivity index (χ4n) is 2.54. The Kier molecular flexibility index (Phi) is 2.44. The van der Waals surface area contributed by atoms with Gasteiger partial charge in [0.15, 0.2) is 0 Å². The van der Waals surface area contributed by atoms with E-state index in [-0.39, 0.29) is 0 Å². The first-order valence-electron chi connectivity index (χ1n) is 6.12. The van der Waals surface area contributed by atoms with Gasteiger partial charge >= 0.3 is 0 Å². The van der Waals surface area contributed by atoms with Crippen molar-refractivity contribution in [1.82, 2.24) is 0 Å². The van der Waals surface area contributed by atoms with Crippen molar-refractivity contribution in [2.75, 3.05) is 0 Å². The lowest BCUT2D eigenvalue weighted by Gasteiger charge is -2.03. The molecule has 0 saturated carbocycles. The largest absolute Gasteiger partial charge is 0.135 e. The molecule has 0 spiro atoms. The number of hydrogen-bond donors (Lipinski definition) is 0. The van der Waals surface area contributed by atoms with E-state index in [4.69, 9.17) is 0 Å². The van der Waals surface area contributed by atoms with Gasteiger partial charge < -0.3 is 0 Å². The highest BCUT2D eigenvalue weighted by Crippen LogP contribution is 2.39. The summed E-state index contributed by atoms with van der Waals surface area (Å²) >= 11 is 1.94. The van der Waals surface area contributed by atoms with Gasteiger partial charge in [0.2, 0.25) is 0 Å². The minimum absolute atomic E-state index is 1.11. The normalized spacial score (nSPS) is 11.5. The molecule has 0 bridgehead atoms. The van der Waals surface area contributed by atoms with Crippen LogP contribution in [0.2, 0.25) is 0 Å². The zero-order valence-corrected chi connectivity index (χ0v) is 11.3. The van der Waals surface area contributed by atoms with Crippen LogP contribution in [0, 0.1) is 13.8 Å². The summed E-state index contributed by atoms with van der Waals surface area (Å²) in [7, 11) is 0. The molecular formula is C16H16S. The Hall–Kier alpha value is -1.34. The summed E-state index contributed by atoms with van der Waals surface area (Å²) in [5.41, 5.74) is 4.27. The number of fused-ring (bicyclic) bond motifs is 3. The van der Waals surface area contributed by atoms with E-state index in [0.29, 0.717) is 0 Å². The van der Waals surface area contributed by atoms with E-state index in [9.17, 15) is 0 Å². The van der Waals surface area contributed by atoms with Gasteiger partial charge in [-0.2, -0.15) is 0 Å². The van der Waals surface area contributed by atoms with E-state index in [1.165, 1.54) is 36.9 Å². The first-order chi connectivity index (χ1) is 8.22. The van der Waals surface area contributed by atoms with Gasteiger partial charge in [-0.25, -0.2) is 0 Å². The SMILES string of the molecule is CCc1ccc(C)c2sc3c(C)cccc3c12. The molecule has 0 aliphatic heterocycles. The van der Waals surface area contributed by atoms with Gasteiger partial charge in [-0.3, -0.25) is 0 Å². The molecule has 0 saturated heterocycles. The summed E-state index contributed by atoms with van der Waals surface area (Å²) in [6.07, 6.45) is 1.11. The lowest BCUT2D eigenvalue weighted by atomic mass is 10.0. The monoisotopic (exact) mass is 240 g/mol. The second kappa shape index (κ2) is 3.85. The zero-order chi connectivity index (χ0) is 12.0. The van der Waals surface area contributed by atoms with Crippen molar-refractivity contribution in [3.8, 4) is 0 Å². The topological polar surface area (TPSA) is 0 Å². The van der Waals surface area contributed by atoms with Crippen molar-refractivity contribution in [1.29, 1.82) is 0 Å². The molecule has 0 fully saturated rings. The molecule has 3 aromatic rings. The Morgan fingerprint density at radius 3 is 2.47 bits per heavy atom. The Balaban J connectivity index is 2.60. The lowest BCUT2D eigenvalue weighted by Crippen LogP contribution is -1.83. The van der Waals surface area contributed by atoms with Crippen LogP contribution in [0.15, 0.2) is 30.3 Å². The van der Waals surface area contributed by atoms with E-state index in [2.05, 4.69) is 51.1 Å². The van der Waals surface area contributed by atoms with Crippen molar-refractivity contribution >= 4 is 31.5 Å². The quantitative estimate of drug-likeness (QED) is 0.546. The maximum Gasteiger partial charge on any atom is 0.0387 e. The molecule has 0 N–H and O–H groups in total. The zero-order valence-electron chi connectivity index (χ0n) is 10.5. The predicted molar refractivity (Wildman–Crippen MR) is 78.2 cm³/mol. The van der Waals surface area contributed by atoms with E-state index < -0.39 is 0 Å². The van der Waals surface area contributed by atoms with Gasteiger partial charge in [0.05, 0.1) is 0 Å². The summed E-state index contributed by atoms with van der Waals surface area (Å²) in [4.78, 5) is 0. The maximum atomic E-state index is 2.28. The second-order valence-electron chi connectivity index (χ2n) is 4.65. The molecule has 3 rings (SSSR count). The summed E-state index contributed by atoms with van der Waals surface area (Å²) in [5, 5.41) is 2.92. The lowest BCUT2D eigenvalue weighted by molar-refractivity contribution is 1.16. The summed E-state index contributed by atoms with van der Waals surface area (Å²) in [5.74, 6) is 0. The number of benzene rings is 2. The highest BCUT2D eigenvalue weighted by atomic mass is 32.1. The third kappa shape index (κ3) is 1.49. The molecule has 0 nitrogen and oxygen atoms in total. The van der Waals surface area contributed by atoms with Gasteiger partial charge in [0.25, 0.3) is 0 Å². The summed E-state index contributed by atoms with van der Waals surface area (Å²) < 4.78 is 2.92. The van der Waals surface area contributed by atoms with Crippen molar-refractivity contribution in [2.45, 2.75) is 27.2 Å². The Morgan fingerprint density at radius 2 is 1.71 bits per heavy atom. The Labute approximate surface area is 106 Å². The van der Waals surface area contributed by atoms with E-state index in [1.807, 2.05) is 11.3 Å². The second-order valence-corrected chi connectivity index (χ2v) is 5.67. The first kappa shape index (κ1) is 10.8. The number of hydrogen-bond acceptors (Lipinski definition) is 1. The predicted octanol–water partition coefficient (Wildman–Crippen LogP) is 5.23. The van der Waals surface area contributed by atoms with Crippen molar-refractivity contribution < 1.29 is 0 Å². The molecule has 86 valence electrons. The van der Waals surface area contributed by atoms with Crippen molar-refractivity contribution in [3.05, 3.63) is 47.0 Å². The van der Waals surface area contributed by atoms with Gasteiger partial charge in [-0.1, -0.05) is 37.3 Å². The fourth-order valence-corrected chi connectivity index (χ4v) is 3.82. The molecule has 1 aromatic heterocycles. The van der Waals surface area contributed by atoms with E-state index >= 15 is 0 Å². The third-order valence-electron chi connectivity index (χ3n) is 3.51. The molecule has 1 heteroatoms. The van der Waals surface area contributed by atoms with Crippen LogP contribution >= 0.6 is 11.3 Å². The fraction of sp³-hybridized carbons (Fsp3) is 0.250. The molecule has 0 atom stereocenters. The molecule has 0 radical (unpaired) electrons. The van der Waals surface area contributed by atoms with Crippen LogP contribution in [0.3, 0.4) is 0 Å². The molecule has 0 unspecified atom stereocenters. The van der Waals surface area contributed by atoms with E-state index in [0.717, 1.165) is 6.42 Å². The van der Waals surface area contributed by atoms with Crippen molar-refractivity contribution in [3.63, 3.8) is 0 Å². The number of aryl methyl sites for hydroxylation is 3. The van der Waals surface area contributed by atoms with Crippen LogP contribution < -0.4 is 0 Å². The average molecular weight is 240 g/mol. The Bertz CT molecular complexity index is 704. The highest BCUT2D eigenvalue weighted by Gasteiger charge is 2.11. The third-order valence-corrected chi connectivity index (χ3v) is 4.98. The summed E-state index contributed by atoms with van der Waals surface area (Å²) in [6.45, 7) is 6.66. The van der Waals surface area contributed by atoms with E-state index in [1.54, 1.807) is 0 Å². The molecule has 0 aliphatic rings. The summed E-state index contributed by atoms with van der Waals surface area (Å²) in [6, 6.07) is 11.2. The van der Waals surface area contributed by atoms with Crippen LogP contribution in [0.25, 0.3) is 20.2 Å². The van der Waals surface area contributed by atoms with Crippen LogP contribution in [-0.2, 0) is 6.42 Å². The maximum absolute atomic E-state index is 2.28. The standard InChI is InChI=1S/C16H16S/c1-4-12-9-8-11(3)16-14(12)13-7-5-6-10(2)15(13)17-16/h5-9H,4H2,1-3H3. The van der Waals surface area contributed by atoms with Gasteiger partial charge in [0.1, 0.15) is 0 Å². The minimum atomic E-state index is 1.11. The number of thiophene rings is 1. The van der Waals surface area contributed by atoms with Crippen LogP contribution in [0.5, 0.6) is 0 Å². The molecular weight excluding hydrogens is 224 g/mol. The van der Waals surface area contributed by atoms with Gasteiger partial charge in [0, 0.05) is 20.2 Å². The molecule has 0 aliphatic carbocycles. The van der Waals surface area contributed by atoms with Crippen LogP contribution in [-0.4, -0.2) is 0 Å². The highest BCUT2D eigenvalue weighted by molar-refractivity contribution is 7.26. The van der Waals surface area contributed by atoms with Crippen molar-refractivity contribution in [2.24, 2.45) is 0 Å². The minimum Gasteiger partial charge on any atom is -0.135 e. The van der Waals surface area contributed by atoms with Crippen LogP contribution in [0.1, 0.15) is 23.6 Å². The molecule has 0 amide bonds. The molecule has 2 aromatic carbocycles. The molecule has 1 heterocycles. The molecule has 17 heavy (non-hydrogen) atoms. The Morgan fingerprint density at radius 1 is 0.941 bits per heavy atom. The van der Waals surface area contributed by atoms with Gasteiger partial charge in [-0.15, -0.1) is 11.3 Å². The average Bonchev–Trinajstić information content (AvgIpc) is 2.72. The number of rotatable bonds is 1. The first-order valence-corrected chi connectivity index (χ1v) is 6.94.